The molecule has 2 aromatic rings. The number of benzene rings is 1. The monoisotopic (exact) mass is 285 g/mol. The lowest BCUT2D eigenvalue weighted by Gasteiger charge is -2.11. The van der Waals surface area contributed by atoms with Crippen molar-refractivity contribution in [2.75, 3.05) is 14.2 Å². The third-order valence-electron chi connectivity index (χ3n) is 3.90. The van der Waals surface area contributed by atoms with Crippen molar-refractivity contribution in [2.24, 2.45) is 5.92 Å². The summed E-state index contributed by atoms with van der Waals surface area (Å²) in [4.78, 5) is 4.76. The molecule has 1 aromatic carbocycles. The second-order valence-electron chi connectivity index (χ2n) is 5.58. The van der Waals surface area contributed by atoms with Crippen LogP contribution in [0.4, 0.5) is 0 Å². The van der Waals surface area contributed by atoms with Gasteiger partial charge in [0.25, 0.3) is 0 Å². The van der Waals surface area contributed by atoms with E-state index < -0.39 is 0 Å². The zero-order chi connectivity index (χ0) is 15.0. The van der Waals surface area contributed by atoms with E-state index in [2.05, 4.69) is 10.6 Å². The first kappa shape index (κ1) is 13.7. The molecule has 0 aliphatic heterocycles. The van der Waals surface area contributed by atoms with Crippen molar-refractivity contribution in [3.63, 3.8) is 0 Å². The summed E-state index contributed by atoms with van der Waals surface area (Å²) in [5, 5.41) is 9.11. The van der Waals surface area contributed by atoms with Crippen LogP contribution in [0.2, 0.25) is 0 Å². The van der Waals surface area contributed by atoms with E-state index in [1.54, 1.807) is 14.2 Å². The summed E-state index contributed by atoms with van der Waals surface area (Å²) in [7, 11) is 3.25. The molecular formula is C16H19N3O2. The molecule has 0 saturated heterocycles. The number of aromatic nitrogens is 2. The Hall–Kier alpha value is -2.22. The number of nitrogens with zero attached hydrogens (tertiary/aromatic N) is 3. The third kappa shape index (κ3) is 2.42. The molecule has 1 aromatic heterocycles. The standard InChI is InChI=1S/C16H19N3O2/c1-10(8-17)9-19-13-7-15(21-3)14(20-2)6-12(13)18-16(19)11-4-5-11/h6-7,10-11H,4-5,9H2,1-3H3. The minimum atomic E-state index is -0.0482. The number of nitriles is 1. The molecule has 0 N–H and O–H groups in total. The fraction of sp³-hybridized carbons (Fsp3) is 0.500. The van der Waals surface area contributed by atoms with Crippen LogP contribution in [0.1, 0.15) is 31.5 Å². The Bertz CT molecular complexity index is 710. The second-order valence-corrected chi connectivity index (χ2v) is 5.58. The van der Waals surface area contributed by atoms with Crippen molar-refractivity contribution in [2.45, 2.75) is 32.2 Å². The molecule has 1 unspecified atom stereocenters. The van der Waals surface area contributed by atoms with Crippen LogP contribution in [0.25, 0.3) is 11.0 Å². The summed E-state index contributed by atoms with van der Waals surface area (Å²) in [5.74, 6) is 2.94. The molecule has 1 saturated carbocycles. The zero-order valence-corrected chi connectivity index (χ0v) is 12.6. The lowest BCUT2D eigenvalue weighted by Crippen LogP contribution is -2.09. The van der Waals surface area contributed by atoms with E-state index in [0.717, 1.165) is 16.9 Å². The molecule has 1 aliphatic carbocycles. The first-order valence-corrected chi connectivity index (χ1v) is 7.19. The molecule has 5 nitrogen and oxygen atoms in total. The number of fused-ring (bicyclic) bond motifs is 1. The van der Waals surface area contributed by atoms with Crippen molar-refractivity contribution < 1.29 is 9.47 Å². The summed E-state index contributed by atoms with van der Waals surface area (Å²) >= 11 is 0. The molecule has 0 spiro atoms. The molecule has 1 heterocycles. The van der Waals surface area contributed by atoms with Gasteiger partial charge in [-0.05, 0) is 19.8 Å². The number of imidazole rings is 1. The highest BCUT2D eigenvalue weighted by Crippen LogP contribution is 2.42. The molecule has 110 valence electrons. The van der Waals surface area contributed by atoms with Crippen LogP contribution in [0.5, 0.6) is 11.5 Å². The first-order chi connectivity index (χ1) is 10.2. The summed E-state index contributed by atoms with van der Waals surface area (Å²) in [6, 6.07) is 6.17. The maximum atomic E-state index is 9.11. The Labute approximate surface area is 124 Å². The second kappa shape index (κ2) is 5.28. The van der Waals surface area contributed by atoms with E-state index in [0.29, 0.717) is 24.0 Å². The van der Waals surface area contributed by atoms with Gasteiger partial charge in [-0.25, -0.2) is 4.98 Å². The van der Waals surface area contributed by atoms with E-state index in [9.17, 15) is 0 Å². The maximum absolute atomic E-state index is 9.11. The van der Waals surface area contributed by atoms with Gasteiger partial charge in [0.05, 0.1) is 37.2 Å². The molecule has 3 rings (SSSR count). The van der Waals surface area contributed by atoms with E-state index >= 15 is 0 Å². The van der Waals surface area contributed by atoms with Crippen LogP contribution in [0, 0.1) is 17.2 Å². The zero-order valence-electron chi connectivity index (χ0n) is 12.6. The van der Waals surface area contributed by atoms with Crippen molar-refractivity contribution >= 4 is 11.0 Å². The van der Waals surface area contributed by atoms with Crippen LogP contribution in [-0.2, 0) is 6.54 Å². The number of ether oxygens (including phenoxy) is 2. The highest BCUT2D eigenvalue weighted by Gasteiger charge is 2.30. The molecule has 0 bridgehead atoms. The first-order valence-electron chi connectivity index (χ1n) is 7.19. The highest BCUT2D eigenvalue weighted by atomic mass is 16.5. The Morgan fingerprint density at radius 2 is 2.00 bits per heavy atom. The van der Waals surface area contributed by atoms with Gasteiger partial charge in [0, 0.05) is 24.6 Å². The molecule has 5 heteroatoms. The number of methoxy groups -OCH3 is 2. The molecule has 1 atom stereocenters. The smallest absolute Gasteiger partial charge is 0.163 e. The van der Waals surface area contributed by atoms with E-state index in [4.69, 9.17) is 19.7 Å². The minimum absolute atomic E-state index is 0.0482. The van der Waals surface area contributed by atoms with Gasteiger partial charge in [-0.2, -0.15) is 5.26 Å². The lowest BCUT2D eigenvalue weighted by atomic mass is 10.2. The number of hydrogen-bond acceptors (Lipinski definition) is 4. The maximum Gasteiger partial charge on any atom is 0.163 e. The van der Waals surface area contributed by atoms with Crippen molar-refractivity contribution in [3.8, 4) is 17.6 Å². The molecule has 1 aliphatic rings. The Balaban J connectivity index is 2.16. The Morgan fingerprint density at radius 1 is 1.33 bits per heavy atom. The Morgan fingerprint density at radius 3 is 2.57 bits per heavy atom. The Kier molecular flexibility index (Phi) is 3.46. The van der Waals surface area contributed by atoms with Gasteiger partial charge in [-0.15, -0.1) is 0 Å². The predicted molar refractivity (Wildman–Crippen MR) is 79.6 cm³/mol. The number of rotatable bonds is 5. The average molecular weight is 285 g/mol. The van der Waals surface area contributed by atoms with Crippen LogP contribution >= 0.6 is 0 Å². The molecule has 0 radical (unpaired) electrons. The van der Waals surface area contributed by atoms with Gasteiger partial charge < -0.3 is 14.0 Å². The average Bonchev–Trinajstić information content (AvgIpc) is 3.29. The topological polar surface area (TPSA) is 60.1 Å². The quantitative estimate of drug-likeness (QED) is 0.847. The number of hydrogen-bond donors (Lipinski definition) is 0. The summed E-state index contributed by atoms with van der Waals surface area (Å²) in [6.07, 6.45) is 2.36. The van der Waals surface area contributed by atoms with Gasteiger partial charge >= 0.3 is 0 Å². The van der Waals surface area contributed by atoms with Crippen LogP contribution < -0.4 is 9.47 Å². The van der Waals surface area contributed by atoms with Crippen molar-refractivity contribution in [1.82, 2.24) is 9.55 Å². The largest absolute Gasteiger partial charge is 0.493 e. The summed E-state index contributed by atoms with van der Waals surface area (Å²) in [5.41, 5.74) is 1.91. The van der Waals surface area contributed by atoms with Gasteiger partial charge in [-0.3, -0.25) is 0 Å². The van der Waals surface area contributed by atoms with Gasteiger partial charge in [-0.1, -0.05) is 0 Å². The molecular weight excluding hydrogens is 266 g/mol. The van der Waals surface area contributed by atoms with Gasteiger partial charge in [0.15, 0.2) is 11.5 Å². The molecule has 1 fully saturated rings. The van der Waals surface area contributed by atoms with E-state index in [-0.39, 0.29) is 5.92 Å². The predicted octanol–water partition coefficient (Wildman–Crippen LogP) is 3.09. The van der Waals surface area contributed by atoms with Crippen molar-refractivity contribution in [3.05, 3.63) is 18.0 Å². The lowest BCUT2D eigenvalue weighted by molar-refractivity contribution is 0.355. The van der Waals surface area contributed by atoms with Crippen molar-refractivity contribution in [1.29, 1.82) is 5.26 Å². The normalized spacial score (nSPS) is 15.7. The van der Waals surface area contributed by atoms with Crippen LogP contribution in [-0.4, -0.2) is 23.8 Å². The summed E-state index contributed by atoms with van der Waals surface area (Å²) in [6.45, 7) is 2.59. The van der Waals surface area contributed by atoms with E-state index in [1.807, 2.05) is 19.1 Å². The molecule has 0 amide bonds. The van der Waals surface area contributed by atoms with Gasteiger partial charge in [0.1, 0.15) is 5.82 Å². The van der Waals surface area contributed by atoms with Crippen LogP contribution in [0.15, 0.2) is 12.1 Å². The SMILES string of the molecule is COc1cc2nc(C3CC3)n(CC(C)C#N)c2cc1OC. The van der Waals surface area contributed by atoms with E-state index in [1.165, 1.54) is 12.8 Å². The van der Waals surface area contributed by atoms with Gasteiger partial charge in [0.2, 0.25) is 0 Å². The summed E-state index contributed by atoms with van der Waals surface area (Å²) < 4.78 is 12.9. The fourth-order valence-corrected chi connectivity index (χ4v) is 2.63. The fourth-order valence-electron chi connectivity index (χ4n) is 2.63. The molecule has 21 heavy (non-hydrogen) atoms. The third-order valence-corrected chi connectivity index (χ3v) is 3.90. The highest BCUT2D eigenvalue weighted by molar-refractivity contribution is 5.81. The van der Waals surface area contributed by atoms with Crippen LogP contribution in [0.3, 0.4) is 0 Å². The minimum Gasteiger partial charge on any atom is -0.493 e.